The minimum atomic E-state index is -0.485. The Balaban J connectivity index is 1.60. The minimum Gasteiger partial charge on any atom is -0.508 e. The fraction of sp³-hybridized carbons (Fsp3) is 0.269. The number of Topliss-reactive ketones (excluding diaryl/α,β-unsaturated/α-hetero) is 1. The third-order valence-electron chi connectivity index (χ3n) is 6.17. The van der Waals surface area contributed by atoms with Gasteiger partial charge in [0, 0.05) is 23.8 Å². The average molecular weight is 460 g/mol. The molecule has 0 spiro atoms. The van der Waals surface area contributed by atoms with Crippen LogP contribution in [0, 0.1) is 11.3 Å². The van der Waals surface area contributed by atoms with Crippen LogP contribution in [0.15, 0.2) is 76.3 Å². The van der Waals surface area contributed by atoms with Gasteiger partial charge in [-0.15, -0.1) is 0 Å². The minimum absolute atomic E-state index is 0.0932. The number of ketones is 1. The number of hydrogen-bond acceptors (Lipinski definition) is 6. The van der Waals surface area contributed by atoms with Gasteiger partial charge in [0.2, 0.25) is 0 Å². The highest BCUT2D eigenvalue weighted by atomic mass is 32.2. The Bertz CT molecular complexity index is 1300. The van der Waals surface area contributed by atoms with Crippen LogP contribution >= 0.6 is 11.8 Å². The molecule has 7 heteroatoms. The van der Waals surface area contributed by atoms with Crippen molar-refractivity contribution in [3.63, 3.8) is 0 Å². The van der Waals surface area contributed by atoms with Crippen LogP contribution in [0.5, 0.6) is 5.75 Å². The number of aromatic hydroxyl groups is 1. The lowest BCUT2D eigenvalue weighted by atomic mass is 9.67. The molecule has 0 bridgehead atoms. The summed E-state index contributed by atoms with van der Waals surface area (Å²) in [7, 11) is 0. The van der Waals surface area contributed by atoms with Crippen molar-refractivity contribution in [3.05, 3.63) is 93.4 Å². The molecule has 0 saturated carbocycles. The SMILES string of the molecule is CC1(C)C=C2Nc3nc(SCc4ccccc4)[nH]c(=O)c3[C@H](c3ccc(O)cc3)[C@H]2C(=O)C1. The second kappa shape index (κ2) is 8.23. The van der Waals surface area contributed by atoms with E-state index in [1.807, 2.05) is 44.2 Å². The van der Waals surface area contributed by atoms with E-state index in [0.29, 0.717) is 28.7 Å². The summed E-state index contributed by atoms with van der Waals surface area (Å²) in [5.74, 6) is 0.443. The number of aromatic amines is 1. The van der Waals surface area contributed by atoms with E-state index in [0.717, 1.165) is 16.8 Å². The monoisotopic (exact) mass is 459 g/mol. The number of phenols is 1. The predicted octanol–water partition coefficient (Wildman–Crippen LogP) is 4.82. The maximum atomic E-state index is 13.3. The summed E-state index contributed by atoms with van der Waals surface area (Å²) in [4.78, 5) is 34.3. The lowest BCUT2D eigenvalue weighted by molar-refractivity contribution is -0.124. The van der Waals surface area contributed by atoms with Crippen LogP contribution in [-0.2, 0) is 10.5 Å². The number of H-pyrrole nitrogens is 1. The van der Waals surface area contributed by atoms with Crippen LogP contribution in [-0.4, -0.2) is 20.9 Å². The van der Waals surface area contributed by atoms with E-state index in [1.165, 1.54) is 11.8 Å². The Morgan fingerprint density at radius 2 is 1.79 bits per heavy atom. The van der Waals surface area contributed by atoms with Gasteiger partial charge < -0.3 is 15.4 Å². The molecule has 0 amide bonds. The zero-order chi connectivity index (χ0) is 23.2. The van der Waals surface area contributed by atoms with Gasteiger partial charge >= 0.3 is 0 Å². The molecule has 6 nitrogen and oxygen atoms in total. The number of benzene rings is 2. The molecule has 0 saturated heterocycles. The van der Waals surface area contributed by atoms with Gasteiger partial charge in [-0.25, -0.2) is 4.98 Å². The first-order valence-electron chi connectivity index (χ1n) is 10.9. The molecule has 2 aliphatic rings. The average Bonchev–Trinajstić information content (AvgIpc) is 2.77. The highest BCUT2D eigenvalue weighted by molar-refractivity contribution is 7.98. The fourth-order valence-electron chi connectivity index (χ4n) is 4.76. The summed E-state index contributed by atoms with van der Waals surface area (Å²) in [6.45, 7) is 4.07. The van der Waals surface area contributed by atoms with Gasteiger partial charge in [0.15, 0.2) is 5.16 Å². The molecule has 3 aromatic rings. The quantitative estimate of drug-likeness (QED) is 0.382. The van der Waals surface area contributed by atoms with Crippen LogP contribution in [0.4, 0.5) is 5.82 Å². The van der Waals surface area contributed by atoms with Crippen molar-refractivity contribution in [2.75, 3.05) is 5.32 Å². The summed E-state index contributed by atoms with van der Waals surface area (Å²) in [5.41, 5.74) is 2.66. The van der Waals surface area contributed by atoms with Crippen LogP contribution < -0.4 is 10.9 Å². The molecule has 33 heavy (non-hydrogen) atoms. The molecule has 0 unspecified atom stereocenters. The predicted molar refractivity (Wildman–Crippen MR) is 129 cm³/mol. The van der Waals surface area contributed by atoms with Crippen LogP contribution in [0.25, 0.3) is 0 Å². The van der Waals surface area contributed by atoms with Gasteiger partial charge in [0.25, 0.3) is 5.56 Å². The Labute approximate surface area is 196 Å². The van der Waals surface area contributed by atoms with E-state index >= 15 is 0 Å². The lowest BCUT2D eigenvalue weighted by Crippen LogP contribution is -2.41. The molecular weight excluding hydrogens is 434 g/mol. The number of fused-ring (bicyclic) bond motifs is 2. The van der Waals surface area contributed by atoms with E-state index in [1.54, 1.807) is 24.3 Å². The maximum absolute atomic E-state index is 13.3. The number of carbonyl (C=O) groups excluding carboxylic acids is 1. The summed E-state index contributed by atoms with van der Waals surface area (Å²) < 4.78 is 0. The first kappa shape index (κ1) is 21.5. The topological polar surface area (TPSA) is 95.1 Å². The van der Waals surface area contributed by atoms with Gasteiger partial charge in [-0.05, 0) is 28.7 Å². The third kappa shape index (κ3) is 4.20. The van der Waals surface area contributed by atoms with Crippen molar-refractivity contribution in [2.45, 2.75) is 37.1 Å². The Morgan fingerprint density at radius 3 is 2.52 bits per heavy atom. The molecule has 1 aliphatic carbocycles. The molecule has 1 aromatic heterocycles. The maximum Gasteiger partial charge on any atom is 0.257 e. The number of anilines is 1. The zero-order valence-corrected chi connectivity index (χ0v) is 19.3. The first-order chi connectivity index (χ1) is 15.8. The first-order valence-corrected chi connectivity index (χ1v) is 11.9. The second-order valence-electron chi connectivity index (χ2n) is 9.31. The number of carbonyl (C=O) groups is 1. The number of allylic oxidation sites excluding steroid dienone is 2. The molecule has 2 atom stereocenters. The van der Waals surface area contributed by atoms with Gasteiger partial charge in [-0.2, -0.15) is 0 Å². The summed E-state index contributed by atoms with van der Waals surface area (Å²) in [6.07, 6.45) is 2.50. The number of aromatic nitrogens is 2. The summed E-state index contributed by atoms with van der Waals surface area (Å²) in [5, 5.41) is 13.6. The summed E-state index contributed by atoms with van der Waals surface area (Å²) >= 11 is 1.46. The highest BCUT2D eigenvalue weighted by Gasteiger charge is 2.45. The van der Waals surface area contributed by atoms with Gasteiger partial charge in [0.05, 0.1) is 11.5 Å². The number of thioether (sulfide) groups is 1. The molecule has 1 aliphatic heterocycles. The highest BCUT2D eigenvalue weighted by Crippen LogP contribution is 2.48. The van der Waals surface area contributed by atoms with Crippen molar-refractivity contribution >= 4 is 23.4 Å². The number of phenolic OH excluding ortho intramolecular Hbond substituents is 1. The van der Waals surface area contributed by atoms with Gasteiger partial charge in [0.1, 0.15) is 17.4 Å². The Hall–Kier alpha value is -3.32. The largest absolute Gasteiger partial charge is 0.508 e. The van der Waals surface area contributed by atoms with Gasteiger partial charge in [-0.1, -0.05) is 74.1 Å². The standard InChI is InChI=1S/C26H25N3O3S/c1-26(2)12-18-21(19(31)13-26)20(16-8-10-17(30)11-9-16)22-23(27-18)28-25(29-24(22)32)33-14-15-6-4-3-5-7-15/h3-12,20-21,30H,13-14H2,1-2H3,(H2,27,28,29,32)/t20-,21-/m1/s1. The number of nitrogens with one attached hydrogen (secondary N) is 2. The molecule has 2 aromatic carbocycles. The van der Waals surface area contributed by atoms with Crippen molar-refractivity contribution in [3.8, 4) is 5.75 Å². The Morgan fingerprint density at radius 1 is 1.06 bits per heavy atom. The van der Waals surface area contributed by atoms with Crippen LogP contribution in [0.3, 0.4) is 0 Å². The smallest absolute Gasteiger partial charge is 0.257 e. The number of hydrogen-bond donors (Lipinski definition) is 3. The molecule has 2 heterocycles. The van der Waals surface area contributed by atoms with Gasteiger partial charge in [-0.3, -0.25) is 9.59 Å². The van der Waals surface area contributed by atoms with Crippen molar-refractivity contribution in [1.82, 2.24) is 9.97 Å². The van der Waals surface area contributed by atoms with Crippen LogP contribution in [0.2, 0.25) is 0 Å². The van der Waals surface area contributed by atoms with E-state index in [4.69, 9.17) is 4.98 Å². The zero-order valence-electron chi connectivity index (χ0n) is 18.5. The van der Waals surface area contributed by atoms with E-state index in [2.05, 4.69) is 16.4 Å². The molecule has 0 radical (unpaired) electrons. The van der Waals surface area contributed by atoms with E-state index in [-0.39, 0.29) is 22.5 Å². The van der Waals surface area contributed by atoms with Crippen molar-refractivity contribution < 1.29 is 9.90 Å². The Kier molecular flexibility index (Phi) is 5.37. The normalized spacial score (nSPS) is 20.9. The number of nitrogens with zero attached hydrogens (tertiary/aromatic N) is 1. The molecule has 0 fully saturated rings. The van der Waals surface area contributed by atoms with Crippen molar-refractivity contribution in [2.24, 2.45) is 11.3 Å². The van der Waals surface area contributed by atoms with E-state index < -0.39 is 11.8 Å². The van der Waals surface area contributed by atoms with Crippen LogP contribution in [0.1, 0.15) is 42.9 Å². The molecule has 5 rings (SSSR count). The second-order valence-corrected chi connectivity index (χ2v) is 10.3. The summed E-state index contributed by atoms with van der Waals surface area (Å²) in [6, 6.07) is 16.7. The van der Waals surface area contributed by atoms with E-state index in [9.17, 15) is 14.7 Å². The van der Waals surface area contributed by atoms with Crippen molar-refractivity contribution in [1.29, 1.82) is 0 Å². The fourth-order valence-corrected chi connectivity index (χ4v) is 5.57. The lowest BCUT2D eigenvalue weighted by Gasteiger charge is -2.40. The molecular formula is C26H25N3O3S. The molecule has 168 valence electrons. The molecule has 3 N–H and O–H groups in total. The third-order valence-corrected chi connectivity index (χ3v) is 7.11. The number of rotatable bonds is 4.